The van der Waals surface area contributed by atoms with Gasteiger partial charge in [-0.2, -0.15) is 0 Å². The molecule has 1 heterocycles. The Balaban J connectivity index is 2.72. The van der Waals surface area contributed by atoms with E-state index in [9.17, 15) is 9.59 Å². The molecule has 1 unspecified atom stereocenters. The third-order valence-electron chi connectivity index (χ3n) is 4.02. The molecule has 0 aromatic carbocycles. The summed E-state index contributed by atoms with van der Waals surface area (Å²) in [6.45, 7) is 7.93. The molecule has 1 aliphatic heterocycles. The number of nitrogens with one attached hydrogen (secondary N) is 2. The second kappa shape index (κ2) is 5.26. The predicted octanol–water partition coefficient (Wildman–Crippen LogP) is 0.535. The van der Waals surface area contributed by atoms with E-state index in [1.54, 1.807) is 13.8 Å². The van der Waals surface area contributed by atoms with Crippen LogP contribution >= 0.6 is 0 Å². The summed E-state index contributed by atoms with van der Waals surface area (Å²) in [5.41, 5.74) is 4.66. The minimum Gasteiger partial charge on any atom is -0.354 e. The van der Waals surface area contributed by atoms with Gasteiger partial charge in [-0.25, -0.2) is 0 Å². The van der Waals surface area contributed by atoms with Crippen molar-refractivity contribution in [2.45, 2.75) is 58.5 Å². The topological polar surface area (TPSA) is 84.2 Å². The van der Waals surface area contributed by atoms with Crippen LogP contribution in [-0.2, 0) is 9.59 Å². The SMILES string of the molecule is CC(C)(N)C(C)(C)C(=O)NC1CCCCNC1=O. The molecule has 5 heteroatoms. The third kappa shape index (κ3) is 3.22. The molecular formula is C13H25N3O2. The van der Waals surface area contributed by atoms with Gasteiger partial charge in [0.2, 0.25) is 11.8 Å². The minimum atomic E-state index is -0.723. The Labute approximate surface area is 109 Å². The van der Waals surface area contributed by atoms with Crippen molar-refractivity contribution in [2.75, 3.05) is 6.54 Å². The number of hydrogen-bond donors (Lipinski definition) is 3. The average Bonchev–Trinajstić information content (AvgIpc) is 2.42. The van der Waals surface area contributed by atoms with Crippen LogP contribution in [0.4, 0.5) is 0 Å². The van der Waals surface area contributed by atoms with E-state index in [0.29, 0.717) is 13.0 Å². The van der Waals surface area contributed by atoms with Crippen LogP contribution in [0.3, 0.4) is 0 Å². The zero-order valence-corrected chi connectivity index (χ0v) is 11.8. The van der Waals surface area contributed by atoms with Crippen molar-refractivity contribution >= 4 is 11.8 Å². The Morgan fingerprint density at radius 2 is 1.94 bits per heavy atom. The Morgan fingerprint density at radius 1 is 1.33 bits per heavy atom. The Bertz CT molecular complexity index is 332. The normalized spacial score (nSPS) is 22.1. The van der Waals surface area contributed by atoms with E-state index in [1.165, 1.54) is 0 Å². The van der Waals surface area contributed by atoms with E-state index in [-0.39, 0.29) is 11.8 Å². The number of amides is 2. The van der Waals surface area contributed by atoms with Crippen LogP contribution in [0.1, 0.15) is 47.0 Å². The fourth-order valence-electron chi connectivity index (χ4n) is 1.71. The maximum atomic E-state index is 12.3. The first-order chi connectivity index (χ1) is 8.16. The lowest BCUT2D eigenvalue weighted by Crippen LogP contribution is -2.58. The first-order valence-electron chi connectivity index (χ1n) is 6.54. The van der Waals surface area contributed by atoms with Gasteiger partial charge in [-0.3, -0.25) is 9.59 Å². The molecule has 1 rings (SSSR count). The lowest BCUT2D eigenvalue weighted by molar-refractivity contribution is -0.136. The Morgan fingerprint density at radius 3 is 2.50 bits per heavy atom. The highest BCUT2D eigenvalue weighted by molar-refractivity contribution is 5.90. The molecule has 1 saturated heterocycles. The van der Waals surface area contributed by atoms with E-state index in [0.717, 1.165) is 12.8 Å². The summed E-state index contributed by atoms with van der Waals surface area (Å²) < 4.78 is 0. The fourth-order valence-corrected chi connectivity index (χ4v) is 1.71. The summed E-state index contributed by atoms with van der Waals surface area (Å²) in [6.07, 6.45) is 2.60. The van der Waals surface area contributed by atoms with Gasteiger partial charge in [0.1, 0.15) is 6.04 Å². The van der Waals surface area contributed by atoms with Gasteiger partial charge in [-0.05, 0) is 47.0 Å². The second-order valence-electron chi connectivity index (χ2n) is 6.16. The van der Waals surface area contributed by atoms with Crippen molar-refractivity contribution in [1.29, 1.82) is 0 Å². The molecule has 0 aromatic rings. The van der Waals surface area contributed by atoms with E-state index in [1.807, 2.05) is 13.8 Å². The standard InChI is InChI=1S/C13H25N3O2/c1-12(2,13(3,4)14)11(18)16-9-7-5-6-8-15-10(9)17/h9H,5-8,14H2,1-4H3,(H,15,17)(H,16,18). The molecule has 1 fully saturated rings. The van der Waals surface area contributed by atoms with Gasteiger partial charge in [0.05, 0.1) is 5.41 Å². The van der Waals surface area contributed by atoms with Crippen LogP contribution in [-0.4, -0.2) is 29.9 Å². The van der Waals surface area contributed by atoms with Crippen molar-refractivity contribution in [1.82, 2.24) is 10.6 Å². The molecule has 2 amide bonds. The first-order valence-corrected chi connectivity index (χ1v) is 6.54. The minimum absolute atomic E-state index is 0.0912. The summed E-state index contributed by atoms with van der Waals surface area (Å²) in [7, 11) is 0. The number of nitrogens with two attached hydrogens (primary N) is 1. The molecule has 104 valence electrons. The lowest BCUT2D eigenvalue weighted by atomic mass is 9.74. The van der Waals surface area contributed by atoms with Crippen LogP contribution in [0.2, 0.25) is 0 Å². The molecule has 5 nitrogen and oxygen atoms in total. The summed E-state index contributed by atoms with van der Waals surface area (Å²) in [5.74, 6) is -0.261. The van der Waals surface area contributed by atoms with Gasteiger partial charge in [0.25, 0.3) is 0 Å². The van der Waals surface area contributed by atoms with E-state index in [2.05, 4.69) is 10.6 Å². The zero-order valence-electron chi connectivity index (χ0n) is 11.8. The fraction of sp³-hybridized carbons (Fsp3) is 0.846. The second-order valence-corrected chi connectivity index (χ2v) is 6.16. The first kappa shape index (κ1) is 15.0. The predicted molar refractivity (Wildman–Crippen MR) is 70.8 cm³/mol. The van der Waals surface area contributed by atoms with Crippen molar-refractivity contribution in [2.24, 2.45) is 11.1 Å². The molecule has 0 aliphatic carbocycles. The molecule has 18 heavy (non-hydrogen) atoms. The summed E-state index contributed by atoms with van der Waals surface area (Å²) in [5, 5.41) is 5.63. The third-order valence-corrected chi connectivity index (χ3v) is 4.02. The molecule has 1 atom stereocenters. The Kier molecular flexibility index (Phi) is 4.37. The van der Waals surface area contributed by atoms with E-state index in [4.69, 9.17) is 5.73 Å². The van der Waals surface area contributed by atoms with Crippen LogP contribution in [0.25, 0.3) is 0 Å². The number of hydrogen-bond acceptors (Lipinski definition) is 3. The lowest BCUT2D eigenvalue weighted by Gasteiger charge is -2.37. The highest BCUT2D eigenvalue weighted by Gasteiger charge is 2.41. The smallest absolute Gasteiger partial charge is 0.242 e. The van der Waals surface area contributed by atoms with Crippen LogP contribution < -0.4 is 16.4 Å². The maximum Gasteiger partial charge on any atom is 0.242 e. The summed E-state index contributed by atoms with van der Waals surface area (Å²) in [6, 6.07) is -0.429. The number of carbonyl (C=O) groups is 2. The molecule has 4 N–H and O–H groups in total. The maximum absolute atomic E-state index is 12.3. The number of carbonyl (C=O) groups excluding carboxylic acids is 2. The molecule has 1 aliphatic rings. The average molecular weight is 255 g/mol. The van der Waals surface area contributed by atoms with E-state index >= 15 is 0 Å². The quantitative estimate of drug-likeness (QED) is 0.688. The Hall–Kier alpha value is -1.10. The monoisotopic (exact) mass is 255 g/mol. The van der Waals surface area contributed by atoms with Crippen LogP contribution in [0, 0.1) is 5.41 Å². The van der Waals surface area contributed by atoms with Gasteiger partial charge in [0.15, 0.2) is 0 Å². The molecule has 0 spiro atoms. The molecule has 0 saturated carbocycles. The summed E-state index contributed by atoms with van der Waals surface area (Å²) in [4.78, 5) is 24.0. The molecular weight excluding hydrogens is 230 g/mol. The van der Waals surface area contributed by atoms with Crippen molar-refractivity contribution in [3.05, 3.63) is 0 Å². The highest BCUT2D eigenvalue weighted by Crippen LogP contribution is 2.28. The van der Waals surface area contributed by atoms with Gasteiger partial charge < -0.3 is 16.4 Å². The van der Waals surface area contributed by atoms with Gasteiger partial charge >= 0.3 is 0 Å². The van der Waals surface area contributed by atoms with Gasteiger partial charge in [0, 0.05) is 12.1 Å². The highest BCUT2D eigenvalue weighted by atomic mass is 16.2. The van der Waals surface area contributed by atoms with Crippen LogP contribution in [0.5, 0.6) is 0 Å². The molecule has 0 aromatic heterocycles. The zero-order chi connectivity index (χ0) is 14.0. The van der Waals surface area contributed by atoms with Gasteiger partial charge in [-0.15, -0.1) is 0 Å². The van der Waals surface area contributed by atoms with E-state index < -0.39 is 17.0 Å². The van der Waals surface area contributed by atoms with Crippen LogP contribution in [0.15, 0.2) is 0 Å². The molecule has 0 radical (unpaired) electrons. The van der Waals surface area contributed by atoms with Gasteiger partial charge in [-0.1, -0.05) is 0 Å². The summed E-state index contributed by atoms with van der Waals surface area (Å²) >= 11 is 0. The van der Waals surface area contributed by atoms with Crippen molar-refractivity contribution < 1.29 is 9.59 Å². The molecule has 0 bridgehead atoms. The number of rotatable bonds is 3. The van der Waals surface area contributed by atoms with Crippen molar-refractivity contribution in [3.63, 3.8) is 0 Å². The van der Waals surface area contributed by atoms with Crippen molar-refractivity contribution in [3.8, 4) is 0 Å². The largest absolute Gasteiger partial charge is 0.354 e.